The van der Waals surface area contributed by atoms with Crippen molar-refractivity contribution in [2.45, 2.75) is 6.42 Å². The van der Waals surface area contributed by atoms with Crippen LogP contribution in [0, 0.1) is 11.3 Å². The lowest BCUT2D eigenvalue weighted by Crippen LogP contribution is -2.22. The Hall–Kier alpha value is -2.87. The molecule has 0 aliphatic heterocycles. The predicted molar refractivity (Wildman–Crippen MR) is 79.3 cm³/mol. The van der Waals surface area contributed by atoms with Gasteiger partial charge in [-0.1, -0.05) is 18.2 Å². The molecule has 0 aliphatic rings. The van der Waals surface area contributed by atoms with Gasteiger partial charge in [-0.2, -0.15) is 5.26 Å². The fourth-order valence-corrected chi connectivity index (χ4v) is 2.03. The number of benzene rings is 1. The number of aromatic nitrogens is 1. The molecular weight excluding hydrogens is 266 g/mol. The maximum Gasteiger partial charge on any atom is 0.335 e. The maximum absolute atomic E-state index is 11.2. The quantitative estimate of drug-likeness (QED) is 0.910. The molecule has 0 atom stereocenters. The number of likely N-dealkylation sites (N-methyl/N-ethyl adjacent to an activating group) is 1. The monoisotopic (exact) mass is 281 g/mol. The second kappa shape index (κ2) is 6.53. The van der Waals surface area contributed by atoms with Crippen LogP contribution < -0.4 is 4.90 Å². The van der Waals surface area contributed by atoms with Crippen LogP contribution in [0.5, 0.6) is 0 Å². The van der Waals surface area contributed by atoms with Crippen LogP contribution in [0.1, 0.15) is 21.5 Å². The molecule has 1 heterocycles. The minimum Gasteiger partial charge on any atom is -0.478 e. The lowest BCUT2D eigenvalue weighted by atomic mass is 10.0. The van der Waals surface area contributed by atoms with E-state index in [1.807, 2.05) is 30.1 Å². The SMILES string of the molecule is CN(CCc1ccccc1C(=O)O)c1ccc(C#N)cn1. The van der Waals surface area contributed by atoms with E-state index in [4.69, 9.17) is 10.4 Å². The van der Waals surface area contributed by atoms with Gasteiger partial charge in [-0.05, 0) is 30.2 Å². The Labute approximate surface area is 123 Å². The fraction of sp³-hybridized carbons (Fsp3) is 0.188. The molecule has 0 saturated carbocycles. The molecule has 0 fully saturated rings. The van der Waals surface area contributed by atoms with Crippen molar-refractivity contribution in [3.63, 3.8) is 0 Å². The largest absolute Gasteiger partial charge is 0.478 e. The topological polar surface area (TPSA) is 77.2 Å². The summed E-state index contributed by atoms with van der Waals surface area (Å²) in [5, 5.41) is 17.9. The number of carbonyl (C=O) groups is 1. The van der Waals surface area contributed by atoms with Crippen LogP contribution in [0.4, 0.5) is 5.82 Å². The van der Waals surface area contributed by atoms with Gasteiger partial charge in [0, 0.05) is 19.8 Å². The van der Waals surface area contributed by atoms with E-state index in [1.165, 1.54) is 6.20 Å². The molecule has 1 aromatic carbocycles. The number of rotatable bonds is 5. The van der Waals surface area contributed by atoms with Crippen LogP contribution in [0.2, 0.25) is 0 Å². The Morgan fingerprint density at radius 1 is 1.33 bits per heavy atom. The Morgan fingerprint density at radius 2 is 2.10 bits per heavy atom. The van der Waals surface area contributed by atoms with E-state index >= 15 is 0 Å². The van der Waals surface area contributed by atoms with E-state index in [9.17, 15) is 4.79 Å². The third-order valence-electron chi connectivity index (χ3n) is 3.23. The second-order valence-electron chi connectivity index (χ2n) is 4.65. The lowest BCUT2D eigenvalue weighted by Gasteiger charge is -2.18. The molecule has 0 amide bonds. The standard InChI is InChI=1S/C16H15N3O2/c1-19(15-7-6-12(10-17)11-18-15)9-8-13-4-2-3-5-14(13)16(20)21/h2-7,11H,8-9H2,1H3,(H,20,21). The van der Waals surface area contributed by atoms with Crippen molar-refractivity contribution in [1.82, 2.24) is 4.98 Å². The summed E-state index contributed by atoms with van der Waals surface area (Å²) in [6.07, 6.45) is 2.14. The number of carboxylic acids is 1. The van der Waals surface area contributed by atoms with Crippen molar-refractivity contribution in [3.8, 4) is 6.07 Å². The third-order valence-corrected chi connectivity index (χ3v) is 3.23. The Balaban J connectivity index is 2.05. The Kier molecular flexibility index (Phi) is 4.52. The normalized spacial score (nSPS) is 9.90. The third kappa shape index (κ3) is 3.57. The molecule has 5 heteroatoms. The number of pyridine rings is 1. The van der Waals surface area contributed by atoms with Gasteiger partial charge in [0.2, 0.25) is 0 Å². The molecule has 2 aromatic rings. The minimum atomic E-state index is -0.912. The van der Waals surface area contributed by atoms with Gasteiger partial charge in [-0.25, -0.2) is 9.78 Å². The lowest BCUT2D eigenvalue weighted by molar-refractivity contribution is 0.0695. The molecule has 0 unspecified atom stereocenters. The first-order chi connectivity index (χ1) is 10.1. The molecular formula is C16H15N3O2. The molecule has 0 saturated heterocycles. The zero-order valence-corrected chi connectivity index (χ0v) is 11.7. The molecule has 0 bridgehead atoms. The van der Waals surface area contributed by atoms with Gasteiger partial charge in [0.1, 0.15) is 11.9 Å². The first-order valence-electron chi connectivity index (χ1n) is 6.50. The van der Waals surface area contributed by atoms with Gasteiger partial charge in [0.15, 0.2) is 0 Å². The molecule has 1 N–H and O–H groups in total. The van der Waals surface area contributed by atoms with E-state index in [0.717, 1.165) is 11.4 Å². The summed E-state index contributed by atoms with van der Waals surface area (Å²) in [5.74, 6) is -0.161. The van der Waals surface area contributed by atoms with Crippen molar-refractivity contribution >= 4 is 11.8 Å². The van der Waals surface area contributed by atoms with Gasteiger partial charge in [0.05, 0.1) is 11.1 Å². The molecule has 106 valence electrons. The van der Waals surface area contributed by atoms with Crippen LogP contribution in [-0.4, -0.2) is 29.7 Å². The van der Waals surface area contributed by atoms with Crippen LogP contribution >= 0.6 is 0 Å². The van der Waals surface area contributed by atoms with E-state index in [0.29, 0.717) is 24.1 Å². The zero-order valence-electron chi connectivity index (χ0n) is 11.7. The highest BCUT2D eigenvalue weighted by atomic mass is 16.4. The average molecular weight is 281 g/mol. The molecule has 1 aromatic heterocycles. The summed E-state index contributed by atoms with van der Waals surface area (Å²) in [4.78, 5) is 17.3. The van der Waals surface area contributed by atoms with E-state index in [2.05, 4.69) is 4.98 Å². The Morgan fingerprint density at radius 3 is 2.71 bits per heavy atom. The summed E-state index contributed by atoms with van der Waals surface area (Å²) >= 11 is 0. The number of carboxylic acid groups (broad SMARTS) is 1. The molecule has 5 nitrogen and oxygen atoms in total. The van der Waals surface area contributed by atoms with Crippen LogP contribution in [0.15, 0.2) is 42.6 Å². The number of nitrogens with zero attached hydrogens (tertiary/aromatic N) is 3. The number of anilines is 1. The summed E-state index contributed by atoms with van der Waals surface area (Å²) in [7, 11) is 1.89. The van der Waals surface area contributed by atoms with E-state index in [-0.39, 0.29) is 0 Å². The summed E-state index contributed by atoms with van der Waals surface area (Å²) in [5.41, 5.74) is 1.65. The first-order valence-corrected chi connectivity index (χ1v) is 6.50. The molecule has 0 spiro atoms. The number of aromatic carboxylic acids is 1. The second-order valence-corrected chi connectivity index (χ2v) is 4.65. The van der Waals surface area contributed by atoms with Crippen LogP contribution in [0.3, 0.4) is 0 Å². The number of hydrogen-bond donors (Lipinski definition) is 1. The molecule has 0 aliphatic carbocycles. The Bertz CT molecular complexity index is 675. The van der Waals surface area contributed by atoms with Crippen molar-refractivity contribution in [2.24, 2.45) is 0 Å². The summed E-state index contributed by atoms with van der Waals surface area (Å²) in [6, 6.07) is 12.5. The van der Waals surface area contributed by atoms with Gasteiger partial charge in [-0.3, -0.25) is 0 Å². The summed E-state index contributed by atoms with van der Waals surface area (Å²) < 4.78 is 0. The maximum atomic E-state index is 11.2. The van der Waals surface area contributed by atoms with Crippen LogP contribution in [-0.2, 0) is 6.42 Å². The fourth-order valence-electron chi connectivity index (χ4n) is 2.03. The van der Waals surface area contributed by atoms with E-state index < -0.39 is 5.97 Å². The van der Waals surface area contributed by atoms with Crippen molar-refractivity contribution in [2.75, 3.05) is 18.5 Å². The molecule has 21 heavy (non-hydrogen) atoms. The van der Waals surface area contributed by atoms with Crippen molar-refractivity contribution in [3.05, 3.63) is 59.3 Å². The minimum absolute atomic E-state index is 0.332. The zero-order chi connectivity index (χ0) is 15.2. The molecule has 0 radical (unpaired) electrons. The number of nitriles is 1. The highest BCUT2D eigenvalue weighted by Gasteiger charge is 2.10. The van der Waals surface area contributed by atoms with Gasteiger partial charge in [-0.15, -0.1) is 0 Å². The van der Waals surface area contributed by atoms with Crippen molar-refractivity contribution < 1.29 is 9.90 Å². The van der Waals surface area contributed by atoms with Gasteiger partial charge >= 0.3 is 5.97 Å². The van der Waals surface area contributed by atoms with Gasteiger partial charge < -0.3 is 10.0 Å². The summed E-state index contributed by atoms with van der Waals surface area (Å²) in [6.45, 7) is 0.642. The van der Waals surface area contributed by atoms with Crippen LogP contribution in [0.25, 0.3) is 0 Å². The predicted octanol–water partition coefficient (Wildman–Crippen LogP) is 2.33. The molecule has 2 rings (SSSR count). The number of hydrogen-bond acceptors (Lipinski definition) is 4. The first kappa shape index (κ1) is 14.5. The van der Waals surface area contributed by atoms with Gasteiger partial charge in [0.25, 0.3) is 0 Å². The highest BCUT2D eigenvalue weighted by Crippen LogP contribution is 2.13. The van der Waals surface area contributed by atoms with Crippen molar-refractivity contribution in [1.29, 1.82) is 5.26 Å². The highest BCUT2D eigenvalue weighted by molar-refractivity contribution is 5.89. The average Bonchev–Trinajstić information content (AvgIpc) is 2.52. The smallest absolute Gasteiger partial charge is 0.335 e. The van der Waals surface area contributed by atoms with E-state index in [1.54, 1.807) is 24.3 Å².